The zero-order chi connectivity index (χ0) is 23.9. The molecule has 34 heavy (non-hydrogen) atoms. The summed E-state index contributed by atoms with van der Waals surface area (Å²) < 4.78 is 61.9. The Bertz CT molecular complexity index is 1620. The summed E-state index contributed by atoms with van der Waals surface area (Å²) in [6.45, 7) is 0. The molecule has 172 valence electrons. The van der Waals surface area contributed by atoms with Crippen LogP contribution in [-0.2, 0) is 10.0 Å². The second-order valence-electron chi connectivity index (χ2n) is 6.84. The highest BCUT2D eigenvalue weighted by molar-refractivity contribution is 7.92. The number of aromatic nitrogens is 6. The summed E-state index contributed by atoms with van der Waals surface area (Å²) in [6.07, 6.45) is 6.25. The Hall–Kier alpha value is -4.04. The molecule has 4 heterocycles. The smallest absolute Gasteiger partial charge is 0.264 e. The van der Waals surface area contributed by atoms with Crippen LogP contribution < -0.4 is 9.46 Å². The number of hydrogen-bond donors (Lipinski definition) is 1. The number of methoxy groups -OCH3 is 1. The van der Waals surface area contributed by atoms with Crippen LogP contribution in [0, 0.1) is 11.6 Å². The average molecular weight is 502 g/mol. The number of halogens is 2. The van der Waals surface area contributed by atoms with Crippen LogP contribution in [-0.4, -0.2) is 45.3 Å². The molecule has 1 N–H and O–H groups in total. The number of fused-ring (bicyclic) bond motifs is 1. The third-order valence-electron chi connectivity index (χ3n) is 4.68. The van der Waals surface area contributed by atoms with Crippen molar-refractivity contribution >= 4 is 32.0 Å². The SMILES string of the molecule is COc1ncc(-c2nn3c(-c4ccnnc4)cnc3s2)cc1NS(=O)(=O)c1ccc(F)cc1F. The number of benzene rings is 1. The number of hydrogen-bond acceptors (Lipinski definition) is 9. The highest BCUT2D eigenvalue weighted by atomic mass is 32.2. The van der Waals surface area contributed by atoms with Crippen molar-refractivity contribution in [1.29, 1.82) is 0 Å². The van der Waals surface area contributed by atoms with Gasteiger partial charge in [0.25, 0.3) is 10.0 Å². The molecule has 14 heteroatoms. The first-order valence-electron chi connectivity index (χ1n) is 9.49. The Morgan fingerprint density at radius 2 is 1.88 bits per heavy atom. The zero-order valence-electron chi connectivity index (χ0n) is 17.2. The number of imidazole rings is 1. The summed E-state index contributed by atoms with van der Waals surface area (Å²) in [6, 6.07) is 5.40. The highest BCUT2D eigenvalue weighted by Gasteiger charge is 2.23. The third-order valence-corrected chi connectivity index (χ3v) is 7.06. The number of nitrogens with one attached hydrogen (secondary N) is 1. The molecule has 0 aliphatic rings. The summed E-state index contributed by atoms with van der Waals surface area (Å²) in [5.41, 5.74) is 1.88. The predicted molar refractivity (Wildman–Crippen MR) is 119 cm³/mol. The van der Waals surface area contributed by atoms with Gasteiger partial charge >= 0.3 is 0 Å². The topological polar surface area (TPSA) is 124 Å². The van der Waals surface area contributed by atoms with Gasteiger partial charge in [-0.1, -0.05) is 11.3 Å². The molecule has 0 radical (unpaired) electrons. The molecule has 5 aromatic rings. The minimum absolute atomic E-state index is 0.0419. The Labute approximate surface area is 195 Å². The minimum Gasteiger partial charge on any atom is -0.480 e. The van der Waals surface area contributed by atoms with Gasteiger partial charge in [0.1, 0.15) is 27.2 Å². The van der Waals surface area contributed by atoms with Crippen molar-refractivity contribution in [3.8, 4) is 27.7 Å². The Balaban J connectivity index is 1.54. The van der Waals surface area contributed by atoms with E-state index in [1.165, 1.54) is 30.7 Å². The van der Waals surface area contributed by atoms with Crippen LogP contribution in [0.3, 0.4) is 0 Å². The van der Waals surface area contributed by atoms with E-state index >= 15 is 0 Å². The lowest BCUT2D eigenvalue weighted by atomic mass is 10.2. The van der Waals surface area contributed by atoms with E-state index in [4.69, 9.17) is 4.74 Å². The number of pyridine rings is 1. The third kappa shape index (κ3) is 3.92. The molecular formula is C20H13F2N7O3S2. The van der Waals surface area contributed by atoms with Crippen molar-refractivity contribution in [3.05, 3.63) is 66.8 Å². The van der Waals surface area contributed by atoms with E-state index in [-0.39, 0.29) is 11.6 Å². The van der Waals surface area contributed by atoms with Gasteiger partial charge in [-0.05, 0) is 24.3 Å². The van der Waals surface area contributed by atoms with Gasteiger partial charge in [-0.15, -0.1) is 0 Å². The standard InChI is InChI=1S/C20H13F2N7O3S2/c1-32-18-15(28-34(30,31)17-3-2-13(21)7-14(17)22)6-12(8-23-18)19-27-29-16(10-24-20(29)33-19)11-4-5-25-26-9-11/h2-10,28H,1H3. The van der Waals surface area contributed by atoms with Crippen LogP contribution in [0.2, 0.25) is 0 Å². The molecule has 0 bridgehead atoms. The molecule has 0 saturated carbocycles. The Morgan fingerprint density at radius 1 is 1.03 bits per heavy atom. The van der Waals surface area contributed by atoms with Crippen LogP contribution in [0.25, 0.3) is 26.8 Å². The molecule has 0 saturated heterocycles. The minimum atomic E-state index is -4.41. The summed E-state index contributed by atoms with van der Waals surface area (Å²) in [5, 5.41) is 12.7. The van der Waals surface area contributed by atoms with E-state index in [0.29, 0.717) is 27.3 Å². The molecule has 0 aliphatic heterocycles. The first kappa shape index (κ1) is 21.8. The first-order chi connectivity index (χ1) is 16.4. The fourth-order valence-corrected chi connectivity index (χ4v) is 5.11. The van der Waals surface area contributed by atoms with Crippen molar-refractivity contribution in [1.82, 2.24) is 29.8 Å². The van der Waals surface area contributed by atoms with Gasteiger partial charge in [0.15, 0.2) is 0 Å². The van der Waals surface area contributed by atoms with Gasteiger partial charge in [-0.25, -0.2) is 31.7 Å². The van der Waals surface area contributed by atoms with Gasteiger partial charge in [0.2, 0.25) is 10.8 Å². The maximum Gasteiger partial charge on any atom is 0.264 e. The molecule has 0 spiro atoms. The maximum absolute atomic E-state index is 14.1. The van der Waals surface area contributed by atoms with E-state index < -0.39 is 26.6 Å². The lowest BCUT2D eigenvalue weighted by Gasteiger charge is -2.12. The van der Waals surface area contributed by atoms with E-state index in [9.17, 15) is 17.2 Å². The summed E-state index contributed by atoms with van der Waals surface area (Å²) in [5.74, 6) is -2.16. The van der Waals surface area contributed by atoms with Crippen molar-refractivity contribution in [2.45, 2.75) is 4.90 Å². The maximum atomic E-state index is 14.1. The molecule has 0 atom stereocenters. The quantitative estimate of drug-likeness (QED) is 0.375. The fourth-order valence-electron chi connectivity index (χ4n) is 3.15. The number of rotatable bonds is 6. The van der Waals surface area contributed by atoms with Crippen LogP contribution >= 0.6 is 11.3 Å². The molecule has 5 rings (SSSR count). The van der Waals surface area contributed by atoms with E-state index in [1.807, 2.05) is 0 Å². The molecule has 0 unspecified atom stereocenters. The van der Waals surface area contributed by atoms with Crippen molar-refractivity contribution in [2.75, 3.05) is 11.8 Å². The van der Waals surface area contributed by atoms with Gasteiger partial charge in [-0.2, -0.15) is 15.3 Å². The summed E-state index contributed by atoms with van der Waals surface area (Å²) in [4.78, 5) is 8.37. The summed E-state index contributed by atoms with van der Waals surface area (Å²) in [7, 11) is -3.10. The molecule has 0 amide bonds. The number of anilines is 1. The summed E-state index contributed by atoms with van der Waals surface area (Å²) >= 11 is 1.25. The van der Waals surface area contributed by atoms with Crippen LogP contribution in [0.15, 0.2) is 60.0 Å². The lowest BCUT2D eigenvalue weighted by Crippen LogP contribution is -2.15. The van der Waals surface area contributed by atoms with Gasteiger partial charge in [0, 0.05) is 23.4 Å². The second-order valence-corrected chi connectivity index (χ2v) is 9.44. The lowest BCUT2D eigenvalue weighted by molar-refractivity contribution is 0.400. The molecule has 1 aromatic carbocycles. The normalized spacial score (nSPS) is 11.6. The fraction of sp³-hybridized carbons (Fsp3) is 0.0500. The van der Waals surface area contributed by atoms with Crippen LogP contribution in [0.5, 0.6) is 5.88 Å². The number of sulfonamides is 1. The van der Waals surface area contributed by atoms with Crippen molar-refractivity contribution in [2.24, 2.45) is 0 Å². The molecule has 0 aliphatic carbocycles. The van der Waals surface area contributed by atoms with E-state index in [1.54, 1.807) is 29.2 Å². The predicted octanol–water partition coefficient (Wildman–Crippen LogP) is 3.40. The first-order valence-corrected chi connectivity index (χ1v) is 11.8. The molecule has 4 aromatic heterocycles. The molecule has 10 nitrogen and oxygen atoms in total. The molecular weight excluding hydrogens is 488 g/mol. The Morgan fingerprint density at radius 3 is 2.62 bits per heavy atom. The zero-order valence-corrected chi connectivity index (χ0v) is 18.8. The number of nitrogens with zero attached hydrogens (tertiary/aromatic N) is 6. The van der Waals surface area contributed by atoms with Gasteiger partial charge in [0.05, 0.1) is 31.4 Å². The monoisotopic (exact) mass is 501 g/mol. The second kappa shape index (κ2) is 8.39. The largest absolute Gasteiger partial charge is 0.480 e. The number of ether oxygens (including phenoxy) is 1. The Kier molecular flexibility index (Phi) is 5.37. The van der Waals surface area contributed by atoms with Gasteiger partial charge in [-0.3, -0.25) is 4.72 Å². The average Bonchev–Trinajstić information content (AvgIpc) is 3.40. The van der Waals surface area contributed by atoms with Gasteiger partial charge < -0.3 is 4.74 Å². The van der Waals surface area contributed by atoms with E-state index in [0.717, 1.165) is 17.7 Å². The van der Waals surface area contributed by atoms with Crippen LogP contribution in [0.1, 0.15) is 0 Å². The van der Waals surface area contributed by atoms with Crippen LogP contribution in [0.4, 0.5) is 14.5 Å². The van der Waals surface area contributed by atoms with Crippen molar-refractivity contribution < 1.29 is 21.9 Å². The molecule has 0 fully saturated rings. The van der Waals surface area contributed by atoms with E-state index in [2.05, 4.69) is 30.0 Å². The highest BCUT2D eigenvalue weighted by Crippen LogP contribution is 2.33. The van der Waals surface area contributed by atoms with Crippen molar-refractivity contribution in [3.63, 3.8) is 0 Å².